The van der Waals surface area contributed by atoms with E-state index in [4.69, 9.17) is 4.98 Å². The molecule has 0 aliphatic carbocycles. The summed E-state index contributed by atoms with van der Waals surface area (Å²) in [5, 5.41) is 9.43. The molecule has 6 aromatic rings. The van der Waals surface area contributed by atoms with Crippen LogP contribution in [0.5, 0.6) is 0 Å². The van der Waals surface area contributed by atoms with Crippen LogP contribution in [-0.4, -0.2) is 24.4 Å². The first-order valence-corrected chi connectivity index (χ1v) is 9.25. The third kappa shape index (κ3) is 2.42. The molecule has 0 spiro atoms. The van der Waals surface area contributed by atoms with Crippen LogP contribution in [0.15, 0.2) is 85.1 Å². The SMILES string of the molecule is Fc1ccc2c(c1)cc(-n1cc(-c3ccccc3)nn1)c1nc3ccccc3n12. The molecule has 3 aromatic carbocycles. The van der Waals surface area contributed by atoms with Crippen LogP contribution < -0.4 is 0 Å². The molecule has 0 atom stereocenters. The van der Waals surface area contributed by atoms with Crippen molar-refractivity contribution < 1.29 is 4.39 Å². The minimum absolute atomic E-state index is 0.282. The third-order valence-electron chi connectivity index (χ3n) is 5.12. The summed E-state index contributed by atoms with van der Waals surface area (Å²) in [6, 6.07) is 24.5. The van der Waals surface area contributed by atoms with Gasteiger partial charge >= 0.3 is 0 Å². The first-order chi connectivity index (χ1) is 14.3. The van der Waals surface area contributed by atoms with E-state index in [1.54, 1.807) is 10.7 Å². The molecule has 29 heavy (non-hydrogen) atoms. The molecular weight excluding hydrogens is 365 g/mol. The number of para-hydroxylation sites is 2. The standard InChI is InChI=1S/C23H14FN5/c24-17-10-11-20-16(12-17)13-22(23-25-18-8-4-5-9-21(18)29(20)23)28-14-19(26-27-28)15-6-2-1-3-7-15/h1-14H. The summed E-state index contributed by atoms with van der Waals surface area (Å²) < 4.78 is 17.7. The maximum atomic E-state index is 14.0. The number of halogens is 1. The highest BCUT2D eigenvalue weighted by molar-refractivity contribution is 5.94. The highest BCUT2D eigenvalue weighted by Crippen LogP contribution is 2.29. The Morgan fingerprint density at radius 3 is 2.52 bits per heavy atom. The smallest absolute Gasteiger partial charge is 0.164 e. The van der Waals surface area contributed by atoms with E-state index in [1.165, 1.54) is 12.1 Å². The van der Waals surface area contributed by atoms with E-state index in [0.29, 0.717) is 0 Å². The van der Waals surface area contributed by atoms with Crippen molar-refractivity contribution in [3.05, 3.63) is 90.9 Å². The van der Waals surface area contributed by atoms with Gasteiger partial charge in [-0.2, -0.15) is 0 Å². The summed E-state index contributed by atoms with van der Waals surface area (Å²) in [4.78, 5) is 4.83. The average Bonchev–Trinajstić information content (AvgIpc) is 3.39. The topological polar surface area (TPSA) is 48.0 Å². The van der Waals surface area contributed by atoms with Gasteiger partial charge in [0.15, 0.2) is 5.65 Å². The van der Waals surface area contributed by atoms with Gasteiger partial charge in [-0.3, -0.25) is 4.40 Å². The van der Waals surface area contributed by atoms with Crippen LogP contribution in [0.1, 0.15) is 0 Å². The molecule has 0 bridgehead atoms. The first kappa shape index (κ1) is 15.9. The Morgan fingerprint density at radius 2 is 1.62 bits per heavy atom. The van der Waals surface area contributed by atoms with E-state index in [9.17, 15) is 4.39 Å². The summed E-state index contributed by atoms with van der Waals surface area (Å²) in [6.07, 6.45) is 1.87. The van der Waals surface area contributed by atoms with Crippen LogP contribution >= 0.6 is 0 Å². The van der Waals surface area contributed by atoms with E-state index in [2.05, 4.69) is 10.3 Å². The molecule has 0 unspecified atom stereocenters. The van der Waals surface area contributed by atoms with Crippen molar-refractivity contribution in [3.8, 4) is 16.9 Å². The fraction of sp³-hybridized carbons (Fsp3) is 0. The third-order valence-corrected chi connectivity index (χ3v) is 5.12. The normalized spacial score (nSPS) is 11.6. The van der Waals surface area contributed by atoms with Crippen LogP contribution in [0.3, 0.4) is 0 Å². The Kier molecular flexibility index (Phi) is 3.28. The molecule has 6 heteroatoms. The van der Waals surface area contributed by atoms with Gasteiger partial charge < -0.3 is 0 Å². The molecule has 0 radical (unpaired) electrons. The number of aromatic nitrogens is 5. The van der Waals surface area contributed by atoms with Gasteiger partial charge in [-0.15, -0.1) is 5.10 Å². The van der Waals surface area contributed by atoms with Crippen molar-refractivity contribution in [2.45, 2.75) is 0 Å². The van der Waals surface area contributed by atoms with Crippen LogP contribution in [0.25, 0.3) is 44.5 Å². The van der Waals surface area contributed by atoms with E-state index < -0.39 is 0 Å². The molecular formula is C23H14FN5. The molecule has 0 N–H and O–H groups in total. The molecule has 0 saturated heterocycles. The molecule has 6 rings (SSSR count). The Labute approximate surface area is 164 Å². The van der Waals surface area contributed by atoms with Crippen molar-refractivity contribution in [2.75, 3.05) is 0 Å². The first-order valence-electron chi connectivity index (χ1n) is 9.25. The number of benzene rings is 3. The number of nitrogens with zero attached hydrogens (tertiary/aromatic N) is 5. The highest BCUT2D eigenvalue weighted by atomic mass is 19.1. The van der Waals surface area contributed by atoms with E-state index in [-0.39, 0.29) is 5.82 Å². The van der Waals surface area contributed by atoms with Gasteiger partial charge in [0.05, 0.1) is 22.7 Å². The van der Waals surface area contributed by atoms with E-state index >= 15 is 0 Å². The lowest BCUT2D eigenvalue weighted by Crippen LogP contribution is -2.01. The van der Waals surface area contributed by atoms with Crippen molar-refractivity contribution in [1.82, 2.24) is 24.4 Å². The lowest BCUT2D eigenvalue weighted by molar-refractivity contribution is 0.629. The summed E-state index contributed by atoms with van der Waals surface area (Å²) in [7, 11) is 0. The van der Waals surface area contributed by atoms with Gasteiger partial charge in [0.1, 0.15) is 17.2 Å². The van der Waals surface area contributed by atoms with Crippen molar-refractivity contribution >= 4 is 27.6 Å². The number of hydrogen-bond donors (Lipinski definition) is 0. The number of pyridine rings is 1. The fourth-order valence-electron chi connectivity index (χ4n) is 3.79. The second kappa shape index (κ2) is 5.97. The van der Waals surface area contributed by atoms with Crippen molar-refractivity contribution in [2.24, 2.45) is 0 Å². The Morgan fingerprint density at radius 1 is 0.793 bits per heavy atom. The van der Waals surface area contributed by atoms with Gasteiger partial charge in [0.2, 0.25) is 0 Å². The molecule has 3 heterocycles. The maximum absolute atomic E-state index is 14.0. The number of fused-ring (bicyclic) bond motifs is 5. The molecule has 0 saturated carbocycles. The summed E-state index contributed by atoms with van der Waals surface area (Å²) in [6.45, 7) is 0. The number of rotatable bonds is 2. The lowest BCUT2D eigenvalue weighted by Gasteiger charge is -2.08. The van der Waals surface area contributed by atoms with Gasteiger partial charge in [0.25, 0.3) is 0 Å². The number of hydrogen-bond acceptors (Lipinski definition) is 3. The molecule has 0 amide bonds. The zero-order valence-corrected chi connectivity index (χ0v) is 15.2. The minimum atomic E-state index is -0.282. The van der Waals surface area contributed by atoms with Crippen LogP contribution in [0.2, 0.25) is 0 Å². The second-order valence-electron chi connectivity index (χ2n) is 6.91. The van der Waals surface area contributed by atoms with Crippen LogP contribution in [0.4, 0.5) is 4.39 Å². The molecule has 0 aliphatic rings. The van der Waals surface area contributed by atoms with E-state index in [0.717, 1.165) is 44.5 Å². The molecule has 138 valence electrons. The molecule has 5 nitrogen and oxygen atoms in total. The van der Waals surface area contributed by atoms with Crippen LogP contribution in [-0.2, 0) is 0 Å². The van der Waals surface area contributed by atoms with Crippen molar-refractivity contribution in [3.63, 3.8) is 0 Å². The van der Waals surface area contributed by atoms with Gasteiger partial charge in [-0.05, 0) is 36.4 Å². The Bertz CT molecular complexity index is 1510. The minimum Gasteiger partial charge on any atom is -0.290 e. The summed E-state index contributed by atoms with van der Waals surface area (Å²) in [5.41, 5.74) is 5.96. The zero-order chi connectivity index (χ0) is 19.4. The summed E-state index contributed by atoms with van der Waals surface area (Å²) >= 11 is 0. The van der Waals surface area contributed by atoms with Gasteiger partial charge in [0, 0.05) is 10.9 Å². The average molecular weight is 379 g/mol. The zero-order valence-electron chi connectivity index (χ0n) is 15.2. The predicted octanol–water partition coefficient (Wildman–Crippen LogP) is 5.03. The summed E-state index contributed by atoms with van der Waals surface area (Å²) in [5.74, 6) is -0.282. The quantitative estimate of drug-likeness (QED) is 0.424. The molecule has 3 aromatic heterocycles. The monoisotopic (exact) mass is 379 g/mol. The lowest BCUT2D eigenvalue weighted by atomic mass is 10.2. The predicted molar refractivity (Wildman–Crippen MR) is 111 cm³/mol. The largest absolute Gasteiger partial charge is 0.290 e. The molecule has 0 aliphatic heterocycles. The van der Waals surface area contributed by atoms with Gasteiger partial charge in [-0.1, -0.05) is 47.7 Å². The maximum Gasteiger partial charge on any atom is 0.164 e. The highest BCUT2D eigenvalue weighted by Gasteiger charge is 2.16. The number of imidazole rings is 1. The van der Waals surface area contributed by atoms with E-state index in [1.807, 2.05) is 71.3 Å². The van der Waals surface area contributed by atoms with Crippen LogP contribution in [0, 0.1) is 5.82 Å². The Hall–Kier alpha value is -4.06. The van der Waals surface area contributed by atoms with Gasteiger partial charge in [-0.25, -0.2) is 14.1 Å². The van der Waals surface area contributed by atoms with Crippen molar-refractivity contribution in [1.29, 1.82) is 0 Å². The second-order valence-corrected chi connectivity index (χ2v) is 6.91. The molecule has 0 fully saturated rings. The fourth-order valence-corrected chi connectivity index (χ4v) is 3.79. The Balaban J connectivity index is 1.69.